The van der Waals surface area contributed by atoms with Crippen molar-refractivity contribution in [3.05, 3.63) is 35.4 Å². The zero-order chi connectivity index (χ0) is 12.0. The molecule has 1 N–H and O–H groups in total. The molecule has 0 saturated carbocycles. The Hall–Kier alpha value is -1.26. The summed E-state index contributed by atoms with van der Waals surface area (Å²) in [5, 5.41) is 7.55. The number of ether oxygens (including phenoxy) is 2. The lowest BCUT2D eigenvalue weighted by atomic mass is 10.1. The second-order valence-electron chi connectivity index (χ2n) is 3.06. The van der Waals surface area contributed by atoms with E-state index in [1.54, 1.807) is 31.2 Å². The van der Waals surface area contributed by atoms with Crippen molar-refractivity contribution in [3.63, 3.8) is 0 Å². The molecule has 0 saturated heterocycles. The van der Waals surface area contributed by atoms with Gasteiger partial charge in [-0.15, -0.1) is 24.8 Å². The zero-order valence-electron chi connectivity index (χ0n) is 10.3. The van der Waals surface area contributed by atoms with Crippen LogP contribution in [0.3, 0.4) is 0 Å². The standard InChI is InChI=1S/C12H15NO3.2ClH/c1-3-15-11(13)9-5-7-10(8-6-9)12(14)16-4-2;;/h5-8,13H,3-4H2,1-2H3;2*1H. The van der Waals surface area contributed by atoms with Crippen molar-refractivity contribution in [2.45, 2.75) is 13.8 Å². The third-order valence-electron chi connectivity index (χ3n) is 1.95. The van der Waals surface area contributed by atoms with Crippen molar-refractivity contribution in [3.8, 4) is 0 Å². The number of hydrogen-bond acceptors (Lipinski definition) is 4. The van der Waals surface area contributed by atoms with Crippen molar-refractivity contribution in [2.24, 2.45) is 0 Å². The number of esters is 1. The highest BCUT2D eigenvalue weighted by atomic mass is 35.5. The van der Waals surface area contributed by atoms with Gasteiger partial charge in [-0.05, 0) is 38.1 Å². The number of hydrogen-bond donors (Lipinski definition) is 1. The molecule has 18 heavy (non-hydrogen) atoms. The number of benzene rings is 1. The first-order chi connectivity index (χ1) is 7.69. The average Bonchev–Trinajstić information content (AvgIpc) is 2.30. The highest BCUT2D eigenvalue weighted by molar-refractivity contribution is 5.94. The molecule has 0 bridgehead atoms. The van der Waals surface area contributed by atoms with Crippen LogP contribution in [0, 0.1) is 5.41 Å². The maximum atomic E-state index is 11.3. The number of carbonyl (C=O) groups is 1. The molecule has 0 aromatic heterocycles. The van der Waals surface area contributed by atoms with Crippen molar-refractivity contribution in [2.75, 3.05) is 13.2 Å². The van der Waals surface area contributed by atoms with Crippen LogP contribution in [0.5, 0.6) is 0 Å². The Bertz CT molecular complexity index is 342. The fraction of sp³-hybridized carbons (Fsp3) is 0.333. The van der Waals surface area contributed by atoms with Gasteiger partial charge in [-0.1, -0.05) is 0 Å². The maximum Gasteiger partial charge on any atom is 0.338 e. The molecule has 0 heterocycles. The monoisotopic (exact) mass is 293 g/mol. The van der Waals surface area contributed by atoms with E-state index in [9.17, 15) is 4.79 Å². The summed E-state index contributed by atoms with van der Waals surface area (Å²) in [4.78, 5) is 11.3. The molecule has 0 aliphatic rings. The van der Waals surface area contributed by atoms with E-state index in [1.807, 2.05) is 6.92 Å². The molecule has 0 amide bonds. The van der Waals surface area contributed by atoms with Crippen LogP contribution in [-0.4, -0.2) is 25.1 Å². The third kappa shape index (κ3) is 5.38. The van der Waals surface area contributed by atoms with Crippen LogP contribution < -0.4 is 0 Å². The third-order valence-corrected chi connectivity index (χ3v) is 1.95. The lowest BCUT2D eigenvalue weighted by Gasteiger charge is -2.05. The Labute approximate surface area is 119 Å². The number of rotatable bonds is 4. The molecule has 4 nitrogen and oxygen atoms in total. The first-order valence-electron chi connectivity index (χ1n) is 5.18. The summed E-state index contributed by atoms with van der Waals surface area (Å²) in [6.45, 7) is 4.40. The van der Waals surface area contributed by atoms with Gasteiger partial charge in [-0.3, -0.25) is 5.41 Å². The Morgan fingerprint density at radius 3 is 1.89 bits per heavy atom. The molecular weight excluding hydrogens is 277 g/mol. The summed E-state index contributed by atoms with van der Waals surface area (Å²) in [6.07, 6.45) is 0. The van der Waals surface area contributed by atoms with Crippen LogP contribution in [0.25, 0.3) is 0 Å². The van der Waals surface area contributed by atoms with Crippen LogP contribution in [0.2, 0.25) is 0 Å². The minimum Gasteiger partial charge on any atom is -0.478 e. The highest BCUT2D eigenvalue weighted by Crippen LogP contribution is 2.07. The summed E-state index contributed by atoms with van der Waals surface area (Å²) < 4.78 is 9.89. The van der Waals surface area contributed by atoms with Crippen LogP contribution in [0.15, 0.2) is 24.3 Å². The molecule has 1 rings (SSSR count). The Balaban J connectivity index is 0. The van der Waals surface area contributed by atoms with Crippen LogP contribution in [0.1, 0.15) is 29.8 Å². The van der Waals surface area contributed by atoms with Gasteiger partial charge in [0, 0.05) is 5.56 Å². The minimum atomic E-state index is -0.350. The average molecular weight is 294 g/mol. The van der Waals surface area contributed by atoms with E-state index in [4.69, 9.17) is 14.9 Å². The molecule has 6 heteroatoms. The molecular formula is C12H17Cl2NO3. The van der Waals surface area contributed by atoms with E-state index in [0.717, 1.165) is 0 Å². The van der Waals surface area contributed by atoms with E-state index >= 15 is 0 Å². The van der Waals surface area contributed by atoms with Crippen LogP contribution in [0.4, 0.5) is 0 Å². The van der Waals surface area contributed by atoms with E-state index in [1.165, 1.54) is 0 Å². The normalized spacial score (nSPS) is 8.56. The van der Waals surface area contributed by atoms with Gasteiger partial charge < -0.3 is 9.47 Å². The zero-order valence-corrected chi connectivity index (χ0v) is 11.9. The fourth-order valence-corrected chi connectivity index (χ4v) is 1.20. The van der Waals surface area contributed by atoms with E-state index in [-0.39, 0.29) is 36.7 Å². The minimum absolute atomic E-state index is 0. The molecule has 0 atom stereocenters. The Morgan fingerprint density at radius 2 is 1.44 bits per heavy atom. The SMILES string of the molecule is CCOC(=N)c1ccc(C(=O)OCC)cc1.Cl.Cl. The molecule has 1 aromatic carbocycles. The number of halogens is 2. The maximum absolute atomic E-state index is 11.3. The Morgan fingerprint density at radius 1 is 1.00 bits per heavy atom. The van der Waals surface area contributed by atoms with E-state index in [2.05, 4.69) is 0 Å². The highest BCUT2D eigenvalue weighted by Gasteiger charge is 2.07. The van der Waals surface area contributed by atoms with E-state index < -0.39 is 0 Å². The lowest BCUT2D eigenvalue weighted by Crippen LogP contribution is -2.07. The van der Waals surface area contributed by atoms with Crippen molar-refractivity contribution in [1.29, 1.82) is 5.41 Å². The summed E-state index contributed by atoms with van der Waals surface area (Å²) in [7, 11) is 0. The molecule has 0 aliphatic heterocycles. The van der Waals surface area contributed by atoms with Gasteiger partial charge in [0.2, 0.25) is 5.90 Å². The smallest absolute Gasteiger partial charge is 0.338 e. The lowest BCUT2D eigenvalue weighted by molar-refractivity contribution is 0.0526. The Kier molecular flexibility index (Phi) is 10.3. The van der Waals surface area contributed by atoms with Gasteiger partial charge in [-0.2, -0.15) is 0 Å². The topological polar surface area (TPSA) is 59.4 Å². The molecule has 1 aromatic rings. The fourth-order valence-electron chi connectivity index (χ4n) is 1.20. The second-order valence-corrected chi connectivity index (χ2v) is 3.06. The summed E-state index contributed by atoms with van der Waals surface area (Å²) in [6, 6.07) is 6.59. The van der Waals surface area contributed by atoms with Gasteiger partial charge in [0.1, 0.15) is 0 Å². The number of carbonyl (C=O) groups excluding carboxylic acids is 1. The van der Waals surface area contributed by atoms with Gasteiger partial charge in [-0.25, -0.2) is 4.79 Å². The van der Waals surface area contributed by atoms with Crippen molar-refractivity contribution in [1.82, 2.24) is 0 Å². The van der Waals surface area contributed by atoms with Crippen molar-refractivity contribution >= 4 is 36.7 Å². The molecule has 0 aliphatic carbocycles. The summed E-state index contributed by atoms with van der Waals surface area (Å²) in [5.74, 6) is -0.241. The van der Waals surface area contributed by atoms with Gasteiger partial charge >= 0.3 is 5.97 Å². The molecule has 0 spiro atoms. The van der Waals surface area contributed by atoms with Crippen molar-refractivity contribution < 1.29 is 14.3 Å². The van der Waals surface area contributed by atoms with Crippen LogP contribution in [-0.2, 0) is 9.47 Å². The molecule has 0 fully saturated rings. The molecule has 0 unspecified atom stereocenters. The number of nitrogens with one attached hydrogen (secondary N) is 1. The van der Waals surface area contributed by atoms with Gasteiger partial charge in [0.05, 0.1) is 18.8 Å². The largest absolute Gasteiger partial charge is 0.478 e. The first kappa shape index (κ1) is 19.1. The first-order valence-corrected chi connectivity index (χ1v) is 5.18. The van der Waals surface area contributed by atoms with Gasteiger partial charge in [0.25, 0.3) is 0 Å². The molecule has 0 radical (unpaired) electrons. The predicted octanol–water partition coefficient (Wildman–Crippen LogP) is 3.07. The summed E-state index contributed by atoms with van der Waals surface area (Å²) >= 11 is 0. The molecule has 102 valence electrons. The van der Waals surface area contributed by atoms with Crippen LogP contribution >= 0.6 is 24.8 Å². The quantitative estimate of drug-likeness (QED) is 0.527. The predicted molar refractivity (Wildman–Crippen MR) is 75.3 cm³/mol. The summed E-state index contributed by atoms with van der Waals surface area (Å²) in [5.41, 5.74) is 1.13. The van der Waals surface area contributed by atoms with Gasteiger partial charge in [0.15, 0.2) is 0 Å². The second kappa shape index (κ2) is 9.74. The van der Waals surface area contributed by atoms with E-state index in [0.29, 0.717) is 24.3 Å².